The molecule has 4 atom stereocenters. The van der Waals surface area contributed by atoms with Gasteiger partial charge in [-0.1, -0.05) is 0 Å². The van der Waals surface area contributed by atoms with E-state index in [1.165, 1.54) is 0 Å². The summed E-state index contributed by atoms with van der Waals surface area (Å²) in [5.41, 5.74) is 0. The Hall–Kier alpha value is -0.140. The molecule has 0 aromatic rings. The first-order valence-corrected chi connectivity index (χ1v) is 3.84. The summed E-state index contributed by atoms with van der Waals surface area (Å²) in [6.45, 7) is -0.451. The van der Waals surface area contributed by atoms with E-state index in [-0.39, 0.29) is 6.29 Å². The summed E-state index contributed by atoms with van der Waals surface area (Å²) in [6, 6.07) is 0. The van der Waals surface area contributed by atoms with Gasteiger partial charge in [0.1, 0.15) is 12.2 Å². The molecule has 0 heterocycles. The molecule has 72 valence electrons. The molecule has 0 fully saturated rings. The van der Waals surface area contributed by atoms with Crippen LogP contribution in [0.4, 0.5) is 0 Å². The van der Waals surface area contributed by atoms with Gasteiger partial charge in [-0.15, -0.1) is 0 Å². The van der Waals surface area contributed by atoms with Crippen molar-refractivity contribution in [3.05, 3.63) is 0 Å². The van der Waals surface area contributed by atoms with Crippen LogP contribution in [0.25, 0.3) is 0 Å². The highest BCUT2D eigenvalue weighted by Crippen LogP contribution is 2.08. The summed E-state index contributed by atoms with van der Waals surface area (Å²) in [7, 11) is 0. The number of aliphatic hydroxyl groups is 4. The maximum atomic E-state index is 9.95. The van der Waals surface area contributed by atoms with Gasteiger partial charge in [0.15, 0.2) is 6.29 Å². The minimum absolute atomic E-state index is 0.103. The second-order valence-corrected chi connectivity index (χ2v) is 3.02. The third-order valence-corrected chi connectivity index (χ3v) is 1.89. The van der Waals surface area contributed by atoms with Crippen LogP contribution in [0.3, 0.4) is 0 Å². The molecule has 0 amide bonds. The summed E-state index contributed by atoms with van der Waals surface area (Å²) < 4.78 is 0. The lowest BCUT2D eigenvalue weighted by atomic mass is 10.1. The van der Waals surface area contributed by atoms with Crippen molar-refractivity contribution < 1.29 is 25.2 Å². The molecule has 0 aromatic heterocycles. The molecule has 5 nitrogen and oxygen atoms in total. The third kappa shape index (κ3) is 3.08. The molecule has 0 aromatic carbocycles. The van der Waals surface area contributed by atoms with E-state index in [1.807, 2.05) is 0 Å². The first-order valence-electron chi connectivity index (χ1n) is 3.33. The molecule has 0 aliphatic carbocycles. The lowest BCUT2D eigenvalue weighted by Crippen LogP contribution is -2.44. The first kappa shape index (κ1) is 11.9. The fourth-order valence-corrected chi connectivity index (χ4v) is 0.794. The molecular weight excluding hydrogens is 184 g/mol. The Balaban J connectivity index is 4.07. The molecule has 0 aliphatic rings. The number of thiol groups is 1. The van der Waals surface area contributed by atoms with Crippen LogP contribution in [0.15, 0.2) is 0 Å². The van der Waals surface area contributed by atoms with E-state index < -0.39 is 30.2 Å². The van der Waals surface area contributed by atoms with E-state index in [1.54, 1.807) is 0 Å². The smallest absolute Gasteiger partial charge is 0.151 e. The zero-order valence-corrected chi connectivity index (χ0v) is 7.13. The SMILES string of the molecule is O=C[C@H](O)[C@@H](O)[C@@H](O)[C@H](S)CO. The van der Waals surface area contributed by atoms with Crippen LogP contribution in [-0.4, -0.2) is 56.9 Å². The van der Waals surface area contributed by atoms with Crippen LogP contribution in [-0.2, 0) is 4.79 Å². The Morgan fingerprint density at radius 1 is 1.25 bits per heavy atom. The second kappa shape index (κ2) is 5.50. The predicted molar refractivity (Wildman–Crippen MR) is 43.9 cm³/mol. The fourth-order valence-electron chi connectivity index (χ4n) is 0.618. The zero-order valence-electron chi connectivity index (χ0n) is 6.24. The quantitative estimate of drug-likeness (QED) is 0.248. The summed E-state index contributed by atoms with van der Waals surface area (Å²) in [6.07, 6.45) is -4.59. The predicted octanol–water partition coefficient (Wildman–Crippen LogP) is -2.44. The molecule has 0 saturated heterocycles. The van der Waals surface area contributed by atoms with Crippen LogP contribution in [0.1, 0.15) is 0 Å². The Kier molecular flexibility index (Phi) is 5.43. The Labute approximate surface area is 75.1 Å². The minimum Gasteiger partial charge on any atom is -0.395 e. The van der Waals surface area contributed by atoms with E-state index in [0.29, 0.717) is 0 Å². The van der Waals surface area contributed by atoms with Crippen molar-refractivity contribution in [2.45, 2.75) is 23.6 Å². The molecule has 0 radical (unpaired) electrons. The number of aliphatic hydroxyl groups excluding tert-OH is 4. The topological polar surface area (TPSA) is 98.0 Å². The summed E-state index contributed by atoms with van der Waals surface area (Å²) >= 11 is 3.71. The van der Waals surface area contributed by atoms with Crippen molar-refractivity contribution >= 4 is 18.9 Å². The molecule has 0 rings (SSSR count). The Morgan fingerprint density at radius 2 is 1.75 bits per heavy atom. The van der Waals surface area contributed by atoms with Gasteiger partial charge in [0.05, 0.1) is 18.0 Å². The molecule has 4 N–H and O–H groups in total. The van der Waals surface area contributed by atoms with E-state index >= 15 is 0 Å². The summed E-state index contributed by atoms with van der Waals surface area (Å²) in [5.74, 6) is 0. The van der Waals surface area contributed by atoms with Gasteiger partial charge in [-0.2, -0.15) is 12.6 Å². The van der Waals surface area contributed by atoms with Crippen molar-refractivity contribution in [2.24, 2.45) is 0 Å². The molecule has 0 saturated carbocycles. The normalized spacial score (nSPS) is 21.1. The van der Waals surface area contributed by atoms with E-state index in [2.05, 4.69) is 12.6 Å². The number of hydrogen-bond acceptors (Lipinski definition) is 6. The van der Waals surface area contributed by atoms with Gasteiger partial charge in [-0.05, 0) is 0 Å². The Bertz CT molecular complexity index is 142. The first-order chi connectivity index (χ1) is 5.54. The number of carbonyl (C=O) groups excluding carboxylic acids is 1. The van der Waals surface area contributed by atoms with Crippen molar-refractivity contribution in [1.29, 1.82) is 0 Å². The van der Waals surface area contributed by atoms with Crippen molar-refractivity contribution in [3.8, 4) is 0 Å². The fraction of sp³-hybridized carbons (Fsp3) is 0.833. The van der Waals surface area contributed by atoms with Gasteiger partial charge in [0, 0.05) is 0 Å². The minimum atomic E-state index is -1.65. The third-order valence-electron chi connectivity index (χ3n) is 1.42. The van der Waals surface area contributed by atoms with Crippen LogP contribution in [0.5, 0.6) is 0 Å². The number of rotatable bonds is 5. The highest BCUT2D eigenvalue weighted by Gasteiger charge is 2.28. The lowest BCUT2D eigenvalue weighted by molar-refractivity contribution is -0.126. The monoisotopic (exact) mass is 196 g/mol. The van der Waals surface area contributed by atoms with Gasteiger partial charge in [0.2, 0.25) is 0 Å². The van der Waals surface area contributed by atoms with Gasteiger partial charge in [-0.3, -0.25) is 0 Å². The van der Waals surface area contributed by atoms with Crippen molar-refractivity contribution in [1.82, 2.24) is 0 Å². The van der Waals surface area contributed by atoms with Gasteiger partial charge < -0.3 is 25.2 Å². The van der Waals surface area contributed by atoms with Crippen molar-refractivity contribution in [2.75, 3.05) is 6.61 Å². The molecule has 12 heavy (non-hydrogen) atoms. The maximum Gasteiger partial charge on any atom is 0.151 e. The van der Waals surface area contributed by atoms with Crippen LogP contribution < -0.4 is 0 Å². The molecule has 0 bridgehead atoms. The lowest BCUT2D eigenvalue weighted by Gasteiger charge is -2.22. The van der Waals surface area contributed by atoms with Gasteiger partial charge in [0.25, 0.3) is 0 Å². The highest BCUT2D eigenvalue weighted by molar-refractivity contribution is 7.81. The maximum absolute atomic E-state index is 9.95. The van der Waals surface area contributed by atoms with Gasteiger partial charge >= 0.3 is 0 Å². The number of aldehydes is 1. The molecule has 0 spiro atoms. The summed E-state index contributed by atoms with van der Waals surface area (Å²) in [4.78, 5) is 9.95. The molecule has 0 unspecified atom stereocenters. The second-order valence-electron chi connectivity index (χ2n) is 2.36. The average molecular weight is 196 g/mol. The van der Waals surface area contributed by atoms with E-state index in [9.17, 15) is 4.79 Å². The van der Waals surface area contributed by atoms with E-state index in [0.717, 1.165) is 0 Å². The van der Waals surface area contributed by atoms with Crippen molar-refractivity contribution in [3.63, 3.8) is 0 Å². The molecule has 6 heteroatoms. The zero-order chi connectivity index (χ0) is 9.72. The number of hydrogen-bond donors (Lipinski definition) is 5. The molecular formula is C6H12O5S. The highest BCUT2D eigenvalue weighted by atomic mass is 32.1. The van der Waals surface area contributed by atoms with Crippen LogP contribution in [0.2, 0.25) is 0 Å². The summed E-state index contributed by atoms with van der Waals surface area (Å²) in [5, 5.41) is 34.4. The van der Waals surface area contributed by atoms with Crippen LogP contribution in [0, 0.1) is 0 Å². The standard InChI is InChI=1S/C6H12O5S/c7-1-3(9)5(10)6(11)4(12)2-8/h1,3-6,8-12H,2H2/t3-,4+,5+,6-/m0/s1. The molecule has 0 aliphatic heterocycles. The average Bonchev–Trinajstić information content (AvgIpc) is 2.12. The van der Waals surface area contributed by atoms with Gasteiger partial charge in [-0.25, -0.2) is 0 Å². The number of carbonyl (C=O) groups is 1. The largest absolute Gasteiger partial charge is 0.395 e. The van der Waals surface area contributed by atoms with Crippen LogP contribution >= 0.6 is 12.6 Å². The van der Waals surface area contributed by atoms with E-state index in [4.69, 9.17) is 20.4 Å². The Morgan fingerprint density at radius 3 is 2.08 bits per heavy atom.